The minimum Gasteiger partial charge on any atom is -0.478 e. The number of benzene rings is 1. The average molecular weight is 242 g/mol. The fourth-order valence-electron chi connectivity index (χ4n) is 1.68. The van der Waals surface area contributed by atoms with Crippen molar-refractivity contribution >= 4 is 17.3 Å². The van der Waals surface area contributed by atoms with E-state index in [1.807, 2.05) is 19.9 Å². The van der Waals surface area contributed by atoms with Crippen molar-refractivity contribution in [1.82, 2.24) is 4.98 Å². The monoisotopic (exact) mass is 242 g/mol. The van der Waals surface area contributed by atoms with Gasteiger partial charge in [0.1, 0.15) is 0 Å². The van der Waals surface area contributed by atoms with Crippen LogP contribution in [0.15, 0.2) is 36.7 Å². The molecule has 4 heteroatoms. The Morgan fingerprint density at radius 1 is 1.17 bits per heavy atom. The number of hydrogen-bond donors (Lipinski definition) is 2. The fraction of sp³-hybridized carbons (Fsp3) is 0.143. The molecule has 1 aromatic carbocycles. The molecule has 0 amide bonds. The highest BCUT2D eigenvalue weighted by Gasteiger charge is 2.06. The van der Waals surface area contributed by atoms with E-state index in [1.165, 1.54) is 0 Å². The zero-order valence-electron chi connectivity index (χ0n) is 10.3. The van der Waals surface area contributed by atoms with Gasteiger partial charge in [0.15, 0.2) is 0 Å². The summed E-state index contributed by atoms with van der Waals surface area (Å²) in [6.45, 7) is 3.87. The molecular formula is C14H14N2O2. The standard InChI is InChI=1S/C14H14N2O2/c1-9-5-6-15-8-13(9)16-12-4-3-11(14(17)18)7-10(12)2/h3-8,16H,1-2H3,(H,17,18). The molecule has 1 heterocycles. The fourth-order valence-corrected chi connectivity index (χ4v) is 1.68. The van der Waals surface area contributed by atoms with Crippen molar-refractivity contribution in [2.75, 3.05) is 5.32 Å². The van der Waals surface area contributed by atoms with Gasteiger partial charge in [-0.05, 0) is 49.2 Å². The van der Waals surface area contributed by atoms with E-state index in [9.17, 15) is 4.79 Å². The molecule has 0 atom stereocenters. The smallest absolute Gasteiger partial charge is 0.335 e. The number of aromatic nitrogens is 1. The number of nitrogens with zero attached hydrogens (tertiary/aromatic N) is 1. The molecule has 0 radical (unpaired) electrons. The predicted octanol–water partition coefficient (Wildman–Crippen LogP) is 3.14. The Balaban J connectivity index is 2.30. The highest BCUT2D eigenvalue weighted by Crippen LogP contribution is 2.23. The zero-order chi connectivity index (χ0) is 13.1. The largest absolute Gasteiger partial charge is 0.478 e. The van der Waals surface area contributed by atoms with Crippen LogP contribution >= 0.6 is 0 Å². The maximum Gasteiger partial charge on any atom is 0.335 e. The van der Waals surface area contributed by atoms with Crippen LogP contribution in [0, 0.1) is 13.8 Å². The van der Waals surface area contributed by atoms with E-state index < -0.39 is 5.97 Å². The van der Waals surface area contributed by atoms with Gasteiger partial charge in [-0.3, -0.25) is 4.98 Å². The van der Waals surface area contributed by atoms with Crippen LogP contribution in [0.3, 0.4) is 0 Å². The van der Waals surface area contributed by atoms with Crippen LogP contribution in [0.1, 0.15) is 21.5 Å². The second-order valence-corrected chi connectivity index (χ2v) is 4.15. The van der Waals surface area contributed by atoms with Gasteiger partial charge in [0.25, 0.3) is 0 Å². The molecule has 0 fully saturated rings. The third kappa shape index (κ3) is 2.48. The molecule has 0 aliphatic heterocycles. The lowest BCUT2D eigenvalue weighted by Gasteiger charge is -2.11. The molecule has 2 N–H and O–H groups in total. The average Bonchev–Trinajstić information content (AvgIpc) is 2.34. The minimum absolute atomic E-state index is 0.293. The number of anilines is 2. The number of aryl methyl sites for hydroxylation is 2. The number of aromatic carboxylic acids is 1. The Morgan fingerprint density at radius 3 is 2.56 bits per heavy atom. The molecule has 0 bridgehead atoms. The van der Waals surface area contributed by atoms with Gasteiger partial charge in [-0.25, -0.2) is 4.79 Å². The summed E-state index contributed by atoms with van der Waals surface area (Å²) in [6, 6.07) is 6.92. The van der Waals surface area contributed by atoms with E-state index in [0.29, 0.717) is 5.56 Å². The Kier molecular flexibility index (Phi) is 3.28. The quantitative estimate of drug-likeness (QED) is 0.868. The number of carboxylic acids is 1. The topological polar surface area (TPSA) is 62.2 Å². The van der Waals surface area contributed by atoms with Crippen LogP contribution in [0.4, 0.5) is 11.4 Å². The molecule has 0 unspecified atom stereocenters. The summed E-state index contributed by atoms with van der Waals surface area (Å²) in [7, 11) is 0. The van der Waals surface area contributed by atoms with Crippen LogP contribution in [0.2, 0.25) is 0 Å². The number of carboxylic acid groups (broad SMARTS) is 1. The predicted molar refractivity (Wildman–Crippen MR) is 70.4 cm³/mol. The zero-order valence-corrected chi connectivity index (χ0v) is 10.3. The van der Waals surface area contributed by atoms with E-state index in [1.54, 1.807) is 30.6 Å². The normalized spacial score (nSPS) is 10.1. The van der Waals surface area contributed by atoms with Crippen LogP contribution < -0.4 is 5.32 Å². The van der Waals surface area contributed by atoms with E-state index in [0.717, 1.165) is 22.5 Å². The van der Waals surface area contributed by atoms with Gasteiger partial charge in [0.05, 0.1) is 17.4 Å². The van der Waals surface area contributed by atoms with Crippen LogP contribution in [0.25, 0.3) is 0 Å². The Hall–Kier alpha value is -2.36. The van der Waals surface area contributed by atoms with Crippen molar-refractivity contribution in [3.63, 3.8) is 0 Å². The number of rotatable bonds is 3. The summed E-state index contributed by atoms with van der Waals surface area (Å²) < 4.78 is 0. The summed E-state index contributed by atoms with van der Waals surface area (Å²) in [5.41, 5.74) is 4.07. The lowest BCUT2D eigenvalue weighted by Crippen LogP contribution is -2.00. The second-order valence-electron chi connectivity index (χ2n) is 4.15. The van der Waals surface area contributed by atoms with Crippen molar-refractivity contribution in [3.05, 3.63) is 53.3 Å². The number of hydrogen-bond acceptors (Lipinski definition) is 3. The van der Waals surface area contributed by atoms with Crippen molar-refractivity contribution < 1.29 is 9.90 Å². The molecule has 4 nitrogen and oxygen atoms in total. The van der Waals surface area contributed by atoms with Gasteiger partial charge in [-0.2, -0.15) is 0 Å². The SMILES string of the molecule is Cc1cc(C(=O)O)ccc1Nc1cnccc1C. The molecule has 2 rings (SSSR count). The van der Waals surface area contributed by atoms with Gasteiger partial charge in [-0.15, -0.1) is 0 Å². The lowest BCUT2D eigenvalue weighted by molar-refractivity contribution is 0.0697. The first kappa shape index (κ1) is 12.1. The summed E-state index contributed by atoms with van der Waals surface area (Å²) in [4.78, 5) is 14.9. The van der Waals surface area contributed by atoms with Crippen molar-refractivity contribution in [1.29, 1.82) is 0 Å². The van der Waals surface area contributed by atoms with Gasteiger partial charge >= 0.3 is 5.97 Å². The Labute approximate surface area is 105 Å². The Morgan fingerprint density at radius 2 is 1.94 bits per heavy atom. The first-order valence-electron chi connectivity index (χ1n) is 5.59. The van der Waals surface area contributed by atoms with Gasteiger partial charge in [-0.1, -0.05) is 0 Å². The molecule has 92 valence electrons. The molecule has 1 aromatic heterocycles. The van der Waals surface area contributed by atoms with Crippen molar-refractivity contribution in [3.8, 4) is 0 Å². The lowest BCUT2D eigenvalue weighted by atomic mass is 10.1. The highest BCUT2D eigenvalue weighted by atomic mass is 16.4. The van der Waals surface area contributed by atoms with Crippen molar-refractivity contribution in [2.24, 2.45) is 0 Å². The van der Waals surface area contributed by atoms with E-state index >= 15 is 0 Å². The molecule has 0 aliphatic rings. The summed E-state index contributed by atoms with van der Waals surface area (Å²) in [5, 5.41) is 12.2. The van der Waals surface area contributed by atoms with Gasteiger partial charge in [0.2, 0.25) is 0 Å². The number of pyridine rings is 1. The molecule has 0 aliphatic carbocycles. The Bertz CT molecular complexity index is 594. The van der Waals surface area contributed by atoms with Crippen LogP contribution in [-0.4, -0.2) is 16.1 Å². The van der Waals surface area contributed by atoms with Gasteiger partial charge in [0, 0.05) is 11.9 Å². The van der Waals surface area contributed by atoms with Crippen LogP contribution in [-0.2, 0) is 0 Å². The van der Waals surface area contributed by atoms with Gasteiger partial charge < -0.3 is 10.4 Å². The first-order chi connectivity index (χ1) is 8.58. The van der Waals surface area contributed by atoms with E-state index in [4.69, 9.17) is 5.11 Å². The van der Waals surface area contributed by atoms with Crippen molar-refractivity contribution in [2.45, 2.75) is 13.8 Å². The molecule has 0 saturated heterocycles. The summed E-state index contributed by atoms with van der Waals surface area (Å²) in [5.74, 6) is -0.915. The summed E-state index contributed by atoms with van der Waals surface area (Å²) in [6.07, 6.45) is 3.49. The number of carbonyl (C=O) groups is 1. The molecule has 2 aromatic rings. The highest BCUT2D eigenvalue weighted by molar-refractivity contribution is 5.88. The second kappa shape index (κ2) is 4.87. The summed E-state index contributed by atoms with van der Waals surface area (Å²) >= 11 is 0. The van der Waals surface area contributed by atoms with Crippen LogP contribution in [0.5, 0.6) is 0 Å². The molecule has 18 heavy (non-hydrogen) atoms. The third-order valence-electron chi connectivity index (χ3n) is 2.78. The first-order valence-corrected chi connectivity index (χ1v) is 5.59. The van der Waals surface area contributed by atoms with E-state index in [2.05, 4.69) is 10.3 Å². The van der Waals surface area contributed by atoms with E-state index in [-0.39, 0.29) is 0 Å². The molecule has 0 spiro atoms. The third-order valence-corrected chi connectivity index (χ3v) is 2.78. The molecular weight excluding hydrogens is 228 g/mol. The minimum atomic E-state index is -0.915. The number of nitrogens with one attached hydrogen (secondary N) is 1. The maximum atomic E-state index is 10.8. The molecule has 0 saturated carbocycles. The maximum absolute atomic E-state index is 10.8.